The third kappa shape index (κ3) is 5.25. The third-order valence-electron chi connectivity index (χ3n) is 7.37. The lowest BCUT2D eigenvalue weighted by Gasteiger charge is -2.35. The fourth-order valence-corrected chi connectivity index (χ4v) is 5.37. The predicted octanol–water partition coefficient (Wildman–Crippen LogP) is 3.45. The van der Waals surface area contributed by atoms with Crippen LogP contribution >= 0.6 is 0 Å². The molecule has 1 saturated heterocycles. The second kappa shape index (κ2) is 10.6. The first-order chi connectivity index (χ1) is 17.9. The van der Waals surface area contributed by atoms with Gasteiger partial charge in [0.2, 0.25) is 5.95 Å². The topological polar surface area (TPSA) is 81.7 Å². The van der Waals surface area contributed by atoms with Gasteiger partial charge in [0.25, 0.3) is 0 Å². The zero-order valence-corrected chi connectivity index (χ0v) is 22.6. The van der Waals surface area contributed by atoms with Crippen molar-refractivity contribution in [2.45, 2.75) is 25.8 Å². The van der Waals surface area contributed by atoms with Crippen LogP contribution in [-0.2, 0) is 16.7 Å². The van der Waals surface area contributed by atoms with E-state index in [1.807, 2.05) is 31.4 Å². The van der Waals surface area contributed by atoms with E-state index in [0.717, 1.165) is 61.3 Å². The van der Waals surface area contributed by atoms with E-state index < -0.39 is 0 Å². The summed E-state index contributed by atoms with van der Waals surface area (Å²) in [7, 11) is 5.85. The van der Waals surface area contributed by atoms with Crippen molar-refractivity contribution in [3.05, 3.63) is 59.4 Å². The maximum absolute atomic E-state index is 5.60. The number of nitrogens with one attached hydrogen (secondary N) is 2. The number of aromatic nitrogens is 3. The number of anilines is 5. The summed E-state index contributed by atoms with van der Waals surface area (Å²) in [5.41, 5.74) is 5.35. The molecule has 2 aliphatic rings. The second-order valence-electron chi connectivity index (χ2n) is 10.4. The second-order valence-corrected chi connectivity index (χ2v) is 10.4. The van der Waals surface area contributed by atoms with Crippen LogP contribution in [0.1, 0.15) is 23.7 Å². The van der Waals surface area contributed by atoms with Crippen molar-refractivity contribution in [2.75, 3.05) is 75.7 Å². The van der Waals surface area contributed by atoms with Crippen molar-refractivity contribution in [3.8, 4) is 0 Å². The Morgan fingerprint density at radius 3 is 2.62 bits per heavy atom. The van der Waals surface area contributed by atoms with Gasteiger partial charge in [0.1, 0.15) is 11.6 Å². The average Bonchev–Trinajstić information content (AvgIpc) is 3.17. The largest absolute Gasteiger partial charge is 0.384 e. The minimum Gasteiger partial charge on any atom is -0.384 e. The number of pyridine rings is 1. The Labute approximate surface area is 219 Å². The van der Waals surface area contributed by atoms with E-state index in [1.54, 1.807) is 7.11 Å². The lowest BCUT2D eigenvalue weighted by atomic mass is 9.87. The number of piperazine rings is 1. The minimum atomic E-state index is -0.232. The fourth-order valence-electron chi connectivity index (χ4n) is 5.37. The van der Waals surface area contributed by atoms with Gasteiger partial charge in [0.05, 0.1) is 12.3 Å². The molecule has 1 atom stereocenters. The number of benzene rings is 1. The van der Waals surface area contributed by atoms with Crippen molar-refractivity contribution in [3.63, 3.8) is 0 Å². The summed E-state index contributed by atoms with van der Waals surface area (Å²) in [6, 6.07) is 12.6. The number of hydrogen-bond donors (Lipinski definition) is 2. The van der Waals surface area contributed by atoms with Crippen LogP contribution in [0.3, 0.4) is 0 Å². The number of hydrogen-bond acceptors (Lipinski definition) is 9. The molecule has 2 aromatic heterocycles. The summed E-state index contributed by atoms with van der Waals surface area (Å²) in [4.78, 5) is 21.6. The van der Waals surface area contributed by atoms with Gasteiger partial charge < -0.3 is 30.1 Å². The molecule has 1 aromatic carbocycles. The Kier molecular flexibility index (Phi) is 7.28. The molecule has 2 N–H and O–H groups in total. The van der Waals surface area contributed by atoms with E-state index in [4.69, 9.17) is 19.7 Å². The molecule has 0 spiro atoms. The zero-order valence-electron chi connectivity index (χ0n) is 22.6. The Hall–Kier alpha value is -3.27. The van der Waals surface area contributed by atoms with Crippen LogP contribution in [0.4, 0.5) is 29.0 Å². The molecule has 0 bridgehead atoms. The Balaban J connectivity index is 1.42. The number of likely N-dealkylation sites (N-methyl/N-ethyl adjacent to an activating group) is 1. The highest BCUT2D eigenvalue weighted by atomic mass is 16.5. The van der Waals surface area contributed by atoms with E-state index >= 15 is 0 Å². The number of fused-ring (bicyclic) bond motifs is 1. The summed E-state index contributed by atoms with van der Waals surface area (Å²) < 4.78 is 5.60. The molecule has 37 heavy (non-hydrogen) atoms. The molecule has 1 fully saturated rings. The molecule has 0 amide bonds. The summed E-state index contributed by atoms with van der Waals surface area (Å²) in [6.07, 6.45) is 1.94. The van der Waals surface area contributed by atoms with Gasteiger partial charge in [-0.15, -0.1) is 0 Å². The van der Waals surface area contributed by atoms with Gasteiger partial charge in [-0.05, 0) is 56.9 Å². The van der Waals surface area contributed by atoms with Crippen LogP contribution in [0.2, 0.25) is 0 Å². The zero-order chi connectivity index (χ0) is 26.0. The Bertz CT molecular complexity index is 1240. The molecule has 196 valence electrons. The lowest BCUT2D eigenvalue weighted by Crippen LogP contribution is -2.44. The maximum Gasteiger partial charge on any atom is 0.229 e. The molecule has 3 aromatic rings. The first-order valence-electron chi connectivity index (χ1n) is 13.0. The normalized spacial score (nSPS) is 19.8. The molecule has 5 rings (SSSR count). The van der Waals surface area contributed by atoms with Crippen molar-refractivity contribution in [1.82, 2.24) is 25.2 Å². The van der Waals surface area contributed by atoms with Gasteiger partial charge in [0, 0.05) is 74.9 Å². The molecular weight excluding hydrogens is 464 g/mol. The van der Waals surface area contributed by atoms with Gasteiger partial charge in [-0.2, -0.15) is 4.98 Å². The van der Waals surface area contributed by atoms with Crippen LogP contribution < -0.4 is 20.4 Å². The monoisotopic (exact) mass is 502 g/mol. The molecular formula is C28H38N8O. The SMILES string of the molecule is CNCc1cccc(N2C[C@](C)(COC)c3cnc(Nc4ccc(N5CCN(C)CC5)c(C)c4)nc32)n1. The van der Waals surface area contributed by atoms with Crippen LogP contribution in [-0.4, -0.2) is 80.4 Å². The molecule has 0 unspecified atom stereocenters. The smallest absolute Gasteiger partial charge is 0.229 e. The number of ether oxygens (including phenoxy) is 1. The molecule has 4 heterocycles. The molecule has 9 nitrogen and oxygen atoms in total. The van der Waals surface area contributed by atoms with Gasteiger partial charge in [-0.3, -0.25) is 0 Å². The van der Waals surface area contributed by atoms with Crippen LogP contribution in [0.25, 0.3) is 0 Å². The molecule has 0 radical (unpaired) electrons. The van der Waals surface area contributed by atoms with Gasteiger partial charge in [-0.25, -0.2) is 9.97 Å². The van der Waals surface area contributed by atoms with Gasteiger partial charge >= 0.3 is 0 Å². The highest BCUT2D eigenvalue weighted by molar-refractivity contribution is 5.70. The first kappa shape index (κ1) is 25.4. The summed E-state index contributed by atoms with van der Waals surface area (Å²) in [6.45, 7) is 10.7. The Morgan fingerprint density at radius 2 is 1.89 bits per heavy atom. The first-order valence-corrected chi connectivity index (χ1v) is 13.0. The van der Waals surface area contributed by atoms with Crippen LogP contribution in [0.15, 0.2) is 42.6 Å². The number of nitrogens with zero attached hydrogens (tertiary/aromatic N) is 6. The molecule has 0 saturated carbocycles. The molecule has 2 aliphatic heterocycles. The van der Waals surface area contributed by atoms with Gasteiger partial charge in [-0.1, -0.05) is 13.0 Å². The van der Waals surface area contributed by atoms with Crippen LogP contribution in [0.5, 0.6) is 0 Å². The number of aryl methyl sites for hydroxylation is 1. The maximum atomic E-state index is 5.60. The van der Waals surface area contributed by atoms with E-state index in [2.05, 4.69) is 64.4 Å². The lowest BCUT2D eigenvalue weighted by molar-refractivity contribution is 0.145. The fraction of sp³-hybridized carbons (Fsp3) is 0.464. The van der Waals surface area contributed by atoms with Crippen molar-refractivity contribution in [2.24, 2.45) is 0 Å². The summed E-state index contributed by atoms with van der Waals surface area (Å²) in [5, 5.41) is 6.62. The standard InChI is InChI=1S/C28H38N8O/c1-20-15-21(9-10-24(20)35-13-11-34(4)12-14-35)32-27-30-17-23-26(33-27)36(18-28(23,2)19-37-5)25-8-6-7-22(31-25)16-29-3/h6-10,15,17,29H,11-14,16,18-19H2,1-5H3,(H,30,32,33)/t28-/m1/s1. The summed E-state index contributed by atoms with van der Waals surface area (Å²) >= 11 is 0. The van der Waals surface area contributed by atoms with E-state index in [-0.39, 0.29) is 5.41 Å². The molecule has 9 heteroatoms. The van der Waals surface area contributed by atoms with Crippen molar-refractivity contribution < 1.29 is 4.74 Å². The highest BCUT2D eigenvalue weighted by Gasteiger charge is 2.42. The van der Waals surface area contributed by atoms with Crippen LogP contribution in [0, 0.1) is 6.92 Å². The Morgan fingerprint density at radius 1 is 1.08 bits per heavy atom. The minimum absolute atomic E-state index is 0.232. The van der Waals surface area contributed by atoms with Crippen molar-refractivity contribution in [1.29, 1.82) is 0 Å². The van der Waals surface area contributed by atoms with Crippen molar-refractivity contribution >= 4 is 29.0 Å². The number of methoxy groups -OCH3 is 1. The van der Waals surface area contributed by atoms with E-state index in [1.165, 1.54) is 11.3 Å². The van der Waals surface area contributed by atoms with E-state index in [9.17, 15) is 0 Å². The van der Waals surface area contributed by atoms with E-state index in [0.29, 0.717) is 19.1 Å². The van der Waals surface area contributed by atoms with Gasteiger partial charge in [0.15, 0.2) is 0 Å². The predicted molar refractivity (Wildman–Crippen MR) is 149 cm³/mol. The number of rotatable bonds is 8. The molecule has 0 aliphatic carbocycles. The third-order valence-corrected chi connectivity index (χ3v) is 7.37. The quantitative estimate of drug-likeness (QED) is 0.481. The average molecular weight is 503 g/mol. The highest BCUT2D eigenvalue weighted by Crippen LogP contribution is 2.43. The summed E-state index contributed by atoms with van der Waals surface area (Å²) in [5.74, 6) is 2.33.